The Morgan fingerprint density at radius 2 is 0.479 bits per heavy atom. The molecule has 0 amide bonds. The van der Waals surface area contributed by atoms with E-state index in [1.165, 1.54) is 155 Å². The summed E-state index contributed by atoms with van der Waals surface area (Å²) in [5.41, 5.74) is 31.3. The lowest BCUT2D eigenvalue weighted by Crippen LogP contribution is -2.23. The summed E-state index contributed by atoms with van der Waals surface area (Å²) in [5.74, 6) is 0. The molecule has 12 aromatic carbocycles. The topological polar surface area (TPSA) is 0 Å². The Kier molecular flexibility index (Phi) is 9.23. The van der Waals surface area contributed by atoms with Crippen molar-refractivity contribution in [2.45, 2.75) is 32.1 Å². The summed E-state index contributed by atoms with van der Waals surface area (Å²) >= 11 is 0. The van der Waals surface area contributed by atoms with Gasteiger partial charge >= 0.3 is 0 Å². The first-order chi connectivity index (χ1) is 36.1. The highest BCUT2D eigenvalue weighted by atomic mass is 14.4. The van der Waals surface area contributed by atoms with E-state index >= 15 is 0 Å². The molecular formula is C73H50. The van der Waals surface area contributed by atoms with Crippen molar-refractivity contribution in [1.82, 2.24) is 0 Å². The lowest BCUT2D eigenvalue weighted by atomic mass is 9.73. The zero-order chi connectivity index (χ0) is 48.4. The number of rotatable bonds is 8. The van der Waals surface area contributed by atoms with Gasteiger partial charge in [-0.2, -0.15) is 0 Å². The molecule has 0 bridgehead atoms. The molecule has 0 saturated heterocycles. The van der Waals surface area contributed by atoms with Gasteiger partial charge in [0.25, 0.3) is 0 Å². The molecule has 0 heteroatoms. The molecule has 0 N–H and O–H groups in total. The van der Waals surface area contributed by atoms with E-state index in [-0.39, 0.29) is 5.41 Å². The van der Waals surface area contributed by atoms with Gasteiger partial charge in [0.05, 0.1) is 0 Å². The molecule has 0 aromatic heterocycles. The quantitative estimate of drug-likeness (QED) is 0.142. The average molecular weight is 927 g/mol. The van der Waals surface area contributed by atoms with E-state index in [2.05, 4.69) is 257 Å². The number of hydrogen-bond acceptors (Lipinski definition) is 0. The minimum Gasteiger partial charge on any atom is -0.0642 e. The monoisotopic (exact) mass is 926 g/mol. The van der Waals surface area contributed by atoms with Crippen LogP contribution in [0.1, 0.15) is 37.8 Å². The van der Waals surface area contributed by atoms with Gasteiger partial charge in [-0.25, -0.2) is 0 Å². The summed E-state index contributed by atoms with van der Waals surface area (Å²) in [5, 5.41) is 5.37. The fraction of sp³-hybridized carbons (Fsp3) is 0.0685. The van der Waals surface area contributed by atoms with Gasteiger partial charge in [-0.15, -0.1) is 0 Å². The maximum atomic E-state index is 2.49. The third kappa shape index (κ3) is 6.20. The maximum Gasteiger partial charge on any atom is 0.0210 e. The van der Waals surface area contributed by atoms with Gasteiger partial charge in [0.1, 0.15) is 0 Å². The van der Waals surface area contributed by atoms with E-state index in [1.54, 1.807) is 0 Å². The second kappa shape index (κ2) is 16.1. The predicted molar refractivity (Wildman–Crippen MR) is 310 cm³/mol. The molecule has 0 aliphatic heterocycles. The van der Waals surface area contributed by atoms with Crippen LogP contribution in [0.25, 0.3) is 144 Å². The molecule has 73 heavy (non-hydrogen) atoms. The Hall–Kier alpha value is -8.84. The summed E-state index contributed by atoms with van der Waals surface area (Å²) in [7, 11) is 0. The molecule has 0 unspecified atom stereocenters. The van der Waals surface area contributed by atoms with Crippen LogP contribution >= 0.6 is 0 Å². The van der Waals surface area contributed by atoms with Gasteiger partial charge in [0.2, 0.25) is 0 Å². The van der Waals surface area contributed by atoms with Crippen molar-refractivity contribution in [3.8, 4) is 122 Å². The molecule has 12 aromatic rings. The maximum absolute atomic E-state index is 2.49. The molecular weight excluding hydrogens is 877 g/mol. The molecule has 0 heterocycles. The van der Waals surface area contributed by atoms with Crippen molar-refractivity contribution in [3.63, 3.8) is 0 Å². The van der Waals surface area contributed by atoms with Crippen LogP contribution in [0.15, 0.2) is 243 Å². The molecule has 15 rings (SSSR count). The lowest BCUT2D eigenvalue weighted by molar-refractivity contribution is 0.491. The lowest BCUT2D eigenvalue weighted by Gasteiger charge is -2.30. The summed E-state index contributed by atoms with van der Waals surface area (Å²) in [6, 6.07) is 91.4. The van der Waals surface area contributed by atoms with E-state index in [4.69, 9.17) is 0 Å². The van der Waals surface area contributed by atoms with Gasteiger partial charge in [0, 0.05) is 5.41 Å². The van der Waals surface area contributed by atoms with Gasteiger partial charge in [-0.1, -0.05) is 244 Å². The van der Waals surface area contributed by atoms with Crippen LogP contribution in [-0.4, -0.2) is 0 Å². The molecule has 0 fully saturated rings. The number of hydrogen-bond donors (Lipinski definition) is 0. The Bertz CT molecular complexity index is 3890. The number of fused-ring (bicyclic) bond motifs is 9. The summed E-state index contributed by atoms with van der Waals surface area (Å²) in [4.78, 5) is 0. The summed E-state index contributed by atoms with van der Waals surface area (Å²) in [6.45, 7) is 4.74. The summed E-state index contributed by atoms with van der Waals surface area (Å²) in [6.07, 6.45) is 2.09. The highest BCUT2D eigenvalue weighted by Crippen LogP contribution is 2.55. The van der Waals surface area contributed by atoms with Gasteiger partial charge in [0.15, 0.2) is 0 Å². The second-order valence-electron chi connectivity index (χ2n) is 20.5. The fourth-order valence-corrected chi connectivity index (χ4v) is 13.4. The highest BCUT2D eigenvalue weighted by molar-refractivity contribution is 6.20. The minimum absolute atomic E-state index is 0.0516. The van der Waals surface area contributed by atoms with Crippen LogP contribution < -0.4 is 0 Å². The largest absolute Gasteiger partial charge is 0.0642 e. The standard InChI is InChI=1S/C73H50/c1-3-73(4-2)69-43-53(49-23-19-45(20-24-49)47-27-31-51(32-28-47)55-39-41-67-59-13-7-5-11-57(59)65-17-9-15-63(55)71(65)67)35-37-61(69)62-38-36-54(44-70(62)73)50-25-21-46(22-26-50)48-29-33-52(34-30-48)56-40-42-68-60-14-8-6-12-58(60)66-18-10-16-64(56)72(66)68/h5-44H,3-4H2,1-2H3. The summed E-state index contributed by atoms with van der Waals surface area (Å²) < 4.78 is 0. The van der Waals surface area contributed by atoms with Gasteiger partial charge in [-0.3, -0.25) is 0 Å². The first-order valence-electron chi connectivity index (χ1n) is 26.1. The third-order valence-electron chi connectivity index (χ3n) is 17.2. The van der Waals surface area contributed by atoms with Crippen LogP contribution in [0.4, 0.5) is 0 Å². The van der Waals surface area contributed by atoms with E-state index in [0.717, 1.165) is 12.8 Å². The molecule has 342 valence electrons. The Morgan fingerprint density at radius 3 is 0.822 bits per heavy atom. The minimum atomic E-state index is -0.0516. The SMILES string of the molecule is CCC1(CC)c2cc(-c3ccc(-c4ccc(-c5ccc6c7c(cccc57)-c5ccccc5-6)cc4)cc3)ccc2-c2ccc(-c3ccc(-c4ccc(-c5ccc6c7c(cccc57)-c5ccccc5-6)cc4)cc3)cc21. The first-order valence-corrected chi connectivity index (χ1v) is 26.1. The van der Waals surface area contributed by atoms with Gasteiger partial charge < -0.3 is 0 Å². The molecule has 0 radical (unpaired) electrons. The molecule has 3 aliphatic rings. The van der Waals surface area contributed by atoms with E-state index in [1.807, 2.05) is 0 Å². The molecule has 0 atom stereocenters. The van der Waals surface area contributed by atoms with Crippen molar-refractivity contribution in [2.24, 2.45) is 0 Å². The van der Waals surface area contributed by atoms with Crippen molar-refractivity contribution in [2.75, 3.05) is 0 Å². The van der Waals surface area contributed by atoms with E-state index in [0.29, 0.717) is 0 Å². The van der Waals surface area contributed by atoms with E-state index < -0.39 is 0 Å². The molecule has 3 aliphatic carbocycles. The molecule has 0 spiro atoms. The Morgan fingerprint density at radius 1 is 0.219 bits per heavy atom. The molecule has 0 saturated carbocycles. The van der Waals surface area contributed by atoms with Crippen LogP contribution in [-0.2, 0) is 5.41 Å². The first kappa shape index (κ1) is 41.9. The zero-order valence-corrected chi connectivity index (χ0v) is 41.0. The predicted octanol–water partition coefficient (Wildman–Crippen LogP) is 20.4. The zero-order valence-electron chi connectivity index (χ0n) is 41.0. The van der Waals surface area contributed by atoms with Gasteiger partial charge in [-0.05, 0) is 180 Å². The van der Waals surface area contributed by atoms with E-state index in [9.17, 15) is 0 Å². The van der Waals surface area contributed by atoms with Crippen molar-refractivity contribution >= 4 is 21.5 Å². The van der Waals surface area contributed by atoms with Crippen LogP contribution in [0.5, 0.6) is 0 Å². The van der Waals surface area contributed by atoms with Crippen LogP contribution in [0, 0.1) is 0 Å². The van der Waals surface area contributed by atoms with Crippen molar-refractivity contribution in [1.29, 1.82) is 0 Å². The average Bonchev–Trinajstić information content (AvgIpc) is 4.08. The molecule has 0 nitrogen and oxygen atoms in total. The fourth-order valence-electron chi connectivity index (χ4n) is 13.4. The van der Waals surface area contributed by atoms with Crippen LogP contribution in [0.2, 0.25) is 0 Å². The normalized spacial score (nSPS) is 13.0. The highest BCUT2D eigenvalue weighted by Gasteiger charge is 2.41. The van der Waals surface area contributed by atoms with Crippen molar-refractivity contribution < 1.29 is 0 Å². The van der Waals surface area contributed by atoms with Crippen molar-refractivity contribution in [3.05, 3.63) is 254 Å². The Balaban J connectivity index is 0.675. The Labute approximate surface area is 427 Å². The smallest absolute Gasteiger partial charge is 0.0210 e. The third-order valence-corrected chi connectivity index (χ3v) is 17.2. The second-order valence-corrected chi connectivity index (χ2v) is 20.5. The number of benzene rings is 12. The van der Waals surface area contributed by atoms with Crippen LogP contribution in [0.3, 0.4) is 0 Å².